The van der Waals surface area contributed by atoms with Crippen molar-refractivity contribution in [3.05, 3.63) is 102 Å². The van der Waals surface area contributed by atoms with Crippen LogP contribution >= 0.6 is 0 Å². The van der Waals surface area contributed by atoms with Gasteiger partial charge in [-0.2, -0.15) is 0 Å². The first-order valence-corrected chi connectivity index (χ1v) is 9.48. The van der Waals surface area contributed by atoms with Gasteiger partial charge in [0.25, 0.3) is 0 Å². The summed E-state index contributed by atoms with van der Waals surface area (Å²) < 4.78 is 0. The van der Waals surface area contributed by atoms with Crippen LogP contribution in [0.1, 0.15) is 22.3 Å². The first-order valence-electron chi connectivity index (χ1n) is 9.48. The van der Waals surface area contributed by atoms with E-state index in [4.69, 9.17) is 5.11 Å². The third kappa shape index (κ3) is 5.76. The lowest BCUT2D eigenvalue weighted by Crippen LogP contribution is -1.88. The molecule has 0 bridgehead atoms. The Balaban J connectivity index is 0.000000278. The molecule has 3 rings (SSSR count). The van der Waals surface area contributed by atoms with Crippen molar-refractivity contribution in [1.82, 2.24) is 0 Å². The lowest BCUT2D eigenvalue weighted by atomic mass is 9.97. The van der Waals surface area contributed by atoms with E-state index in [0.29, 0.717) is 16.9 Å². The summed E-state index contributed by atoms with van der Waals surface area (Å²) in [5, 5.41) is 29.2. The Morgan fingerprint density at radius 2 is 1.17 bits per heavy atom. The third-order valence-corrected chi connectivity index (χ3v) is 4.75. The number of phenolic OH excluding ortho intramolecular Hbond substituents is 3. The van der Waals surface area contributed by atoms with E-state index >= 15 is 0 Å². The number of hydrogen-bond acceptors (Lipinski definition) is 3. The van der Waals surface area contributed by atoms with Gasteiger partial charge >= 0.3 is 0 Å². The lowest BCUT2D eigenvalue weighted by molar-refractivity contribution is 0.469. The minimum atomic E-state index is 0.156. The lowest BCUT2D eigenvalue weighted by Gasteiger charge is -2.10. The molecular formula is C26H28O3. The molecule has 3 nitrogen and oxygen atoms in total. The number of hydrogen-bond donors (Lipinski definition) is 3. The Hall–Kier alpha value is -3.46. The molecule has 3 heteroatoms. The molecule has 0 spiro atoms. The third-order valence-electron chi connectivity index (χ3n) is 4.75. The van der Waals surface area contributed by atoms with Gasteiger partial charge in [0.15, 0.2) is 0 Å². The number of benzene rings is 3. The number of aryl methyl sites for hydroxylation is 1. The van der Waals surface area contributed by atoms with Crippen LogP contribution in [0.15, 0.2) is 79.9 Å². The molecule has 0 amide bonds. The Labute approximate surface area is 172 Å². The summed E-state index contributed by atoms with van der Waals surface area (Å²) in [7, 11) is 0. The van der Waals surface area contributed by atoms with Crippen LogP contribution in [0.5, 0.6) is 17.2 Å². The fourth-order valence-corrected chi connectivity index (χ4v) is 2.92. The number of rotatable bonds is 5. The molecule has 0 radical (unpaired) electrons. The molecule has 3 aromatic rings. The van der Waals surface area contributed by atoms with Crippen molar-refractivity contribution in [2.24, 2.45) is 0 Å². The molecule has 0 unspecified atom stereocenters. The Morgan fingerprint density at radius 1 is 0.690 bits per heavy atom. The zero-order valence-electron chi connectivity index (χ0n) is 17.0. The van der Waals surface area contributed by atoms with E-state index in [1.807, 2.05) is 62.4 Å². The fourth-order valence-electron chi connectivity index (χ4n) is 2.92. The first-order chi connectivity index (χ1) is 13.9. The monoisotopic (exact) mass is 388 g/mol. The summed E-state index contributed by atoms with van der Waals surface area (Å²) in [6.45, 7) is 11.3. The largest absolute Gasteiger partial charge is 0.508 e. The van der Waals surface area contributed by atoms with Crippen molar-refractivity contribution in [2.45, 2.75) is 26.7 Å². The van der Waals surface area contributed by atoms with Gasteiger partial charge in [-0.1, -0.05) is 36.4 Å². The van der Waals surface area contributed by atoms with Crippen LogP contribution in [0.25, 0.3) is 11.1 Å². The van der Waals surface area contributed by atoms with Gasteiger partial charge in [0.2, 0.25) is 0 Å². The minimum Gasteiger partial charge on any atom is -0.508 e. The highest BCUT2D eigenvalue weighted by Gasteiger charge is 2.10. The molecule has 0 aliphatic heterocycles. The minimum absolute atomic E-state index is 0.156. The summed E-state index contributed by atoms with van der Waals surface area (Å²) in [5.41, 5.74) is 5.45. The van der Waals surface area contributed by atoms with Crippen molar-refractivity contribution in [3.8, 4) is 28.4 Å². The van der Waals surface area contributed by atoms with Gasteiger partial charge in [0.1, 0.15) is 17.2 Å². The topological polar surface area (TPSA) is 60.7 Å². The second kappa shape index (κ2) is 10.2. The summed E-state index contributed by atoms with van der Waals surface area (Å²) in [6, 6.07) is 16.3. The smallest absolute Gasteiger partial charge is 0.123 e. The normalized spacial score (nSPS) is 10.0. The van der Waals surface area contributed by atoms with Crippen LogP contribution in [0.3, 0.4) is 0 Å². The summed E-state index contributed by atoms with van der Waals surface area (Å²) in [6.07, 6.45) is 5.06. The molecule has 0 aliphatic carbocycles. The van der Waals surface area contributed by atoms with Gasteiger partial charge in [-0.05, 0) is 79.3 Å². The van der Waals surface area contributed by atoms with Gasteiger partial charge in [-0.3, -0.25) is 0 Å². The fraction of sp³-hybridized carbons (Fsp3) is 0.154. The van der Waals surface area contributed by atoms with Crippen molar-refractivity contribution >= 4 is 0 Å². The molecule has 3 N–H and O–H groups in total. The molecule has 0 aromatic heterocycles. The molecule has 150 valence electrons. The maximum atomic E-state index is 10.0. The zero-order valence-corrected chi connectivity index (χ0v) is 17.0. The number of phenols is 3. The van der Waals surface area contributed by atoms with E-state index in [0.717, 1.165) is 35.1 Å². The summed E-state index contributed by atoms with van der Waals surface area (Å²) >= 11 is 0. The molecular weight excluding hydrogens is 360 g/mol. The Kier molecular flexibility index (Phi) is 7.67. The molecule has 0 saturated carbocycles. The zero-order chi connectivity index (χ0) is 21.4. The second-order valence-corrected chi connectivity index (χ2v) is 6.91. The van der Waals surface area contributed by atoms with E-state index in [2.05, 4.69) is 13.2 Å². The summed E-state index contributed by atoms with van der Waals surface area (Å²) in [5.74, 6) is 0.697. The van der Waals surface area contributed by atoms with Crippen molar-refractivity contribution < 1.29 is 15.3 Å². The van der Waals surface area contributed by atoms with Crippen LogP contribution in [0, 0.1) is 13.8 Å². The first kappa shape index (κ1) is 21.8. The predicted molar refractivity (Wildman–Crippen MR) is 121 cm³/mol. The van der Waals surface area contributed by atoms with Gasteiger partial charge in [0, 0.05) is 11.1 Å². The standard InChI is InChI=1S/C18H18O2.C8H10O/c1-3-5-13-7-9-17(19)15(11-13)16-12-14(6-4-2)8-10-18(16)20;1-6-4-3-5-8(9)7(6)2/h3-4,7-12,19-20H,1-2,5-6H2;3-5,9H,1-2H3. The Bertz CT molecular complexity index is 925. The summed E-state index contributed by atoms with van der Waals surface area (Å²) in [4.78, 5) is 0. The highest BCUT2D eigenvalue weighted by molar-refractivity contribution is 5.76. The van der Waals surface area contributed by atoms with Gasteiger partial charge in [-0.25, -0.2) is 0 Å². The van der Waals surface area contributed by atoms with E-state index in [9.17, 15) is 10.2 Å². The van der Waals surface area contributed by atoms with Gasteiger partial charge in [-0.15, -0.1) is 13.2 Å². The maximum absolute atomic E-state index is 10.0. The van der Waals surface area contributed by atoms with Gasteiger partial charge in [0.05, 0.1) is 0 Å². The molecule has 0 fully saturated rings. The highest BCUT2D eigenvalue weighted by atomic mass is 16.3. The van der Waals surface area contributed by atoms with Gasteiger partial charge < -0.3 is 15.3 Å². The van der Waals surface area contributed by atoms with Crippen LogP contribution in [0.2, 0.25) is 0 Å². The van der Waals surface area contributed by atoms with Crippen molar-refractivity contribution in [3.63, 3.8) is 0 Å². The van der Waals surface area contributed by atoms with Crippen LogP contribution in [0.4, 0.5) is 0 Å². The van der Waals surface area contributed by atoms with E-state index in [-0.39, 0.29) is 11.5 Å². The maximum Gasteiger partial charge on any atom is 0.123 e. The Morgan fingerprint density at radius 3 is 1.55 bits per heavy atom. The van der Waals surface area contributed by atoms with Crippen LogP contribution in [-0.4, -0.2) is 15.3 Å². The van der Waals surface area contributed by atoms with E-state index < -0.39 is 0 Å². The number of aromatic hydroxyl groups is 3. The molecule has 0 aliphatic rings. The highest BCUT2D eigenvalue weighted by Crippen LogP contribution is 2.36. The molecule has 3 aromatic carbocycles. The van der Waals surface area contributed by atoms with E-state index in [1.54, 1.807) is 18.2 Å². The quantitative estimate of drug-likeness (QED) is 0.454. The second-order valence-electron chi connectivity index (χ2n) is 6.91. The average molecular weight is 389 g/mol. The average Bonchev–Trinajstić information content (AvgIpc) is 2.70. The predicted octanol–water partition coefficient (Wildman–Crippen LogP) is 6.23. The van der Waals surface area contributed by atoms with Crippen molar-refractivity contribution in [1.29, 1.82) is 0 Å². The van der Waals surface area contributed by atoms with Crippen molar-refractivity contribution in [2.75, 3.05) is 0 Å². The molecule has 29 heavy (non-hydrogen) atoms. The molecule has 0 heterocycles. The van der Waals surface area contributed by atoms with E-state index in [1.165, 1.54) is 0 Å². The van der Waals surface area contributed by atoms with Crippen LogP contribution in [-0.2, 0) is 12.8 Å². The molecule has 0 saturated heterocycles. The SMILES string of the molecule is C=CCc1ccc(O)c(-c2cc(CC=C)ccc2O)c1.Cc1cccc(O)c1C. The molecule has 0 atom stereocenters. The van der Waals surface area contributed by atoms with Crippen LogP contribution < -0.4 is 0 Å². The number of allylic oxidation sites excluding steroid dienone is 2.